The molecule has 0 spiro atoms. The van der Waals surface area contributed by atoms with Gasteiger partial charge < -0.3 is 10.2 Å². The molecule has 0 bridgehead atoms. The van der Waals surface area contributed by atoms with Gasteiger partial charge in [-0.3, -0.25) is 15.1 Å². The lowest BCUT2D eigenvalue weighted by molar-refractivity contribution is -0.384. The third kappa shape index (κ3) is 3.16. The van der Waals surface area contributed by atoms with Crippen molar-refractivity contribution in [2.75, 3.05) is 32.1 Å². The topological polar surface area (TPSA) is 71.3 Å². The van der Waals surface area contributed by atoms with E-state index in [4.69, 9.17) is 0 Å². The second-order valence-corrected chi connectivity index (χ2v) is 3.50. The molecule has 0 saturated carbocycles. The molecular weight excluding hydrogens is 208 g/mol. The maximum Gasteiger partial charge on any atom is 0.310 e. The van der Waals surface area contributed by atoms with Gasteiger partial charge in [-0.15, -0.1) is 0 Å². The second-order valence-electron chi connectivity index (χ2n) is 3.50. The summed E-state index contributed by atoms with van der Waals surface area (Å²) in [4.78, 5) is 16.0. The summed E-state index contributed by atoms with van der Waals surface area (Å²) in [5.74, 6) is 0. The van der Waals surface area contributed by atoms with Gasteiger partial charge in [0.2, 0.25) is 0 Å². The lowest BCUT2D eigenvalue weighted by Gasteiger charge is -2.18. The number of nitrogens with zero attached hydrogens (tertiary/aromatic N) is 3. The summed E-state index contributed by atoms with van der Waals surface area (Å²) in [6.07, 6.45) is 3.79. The van der Waals surface area contributed by atoms with Gasteiger partial charge in [-0.05, 0) is 26.1 Å². The Hall–Kier alpha value is -1.69. The fraction of sp³-hybridized carbons (Fsp3) is 0.500. The van der Waals surface area contributed by atoms with Crippen molar-refractivity contribution in [3.63, 3.8) is 0 Å². The van der Waals surface area contributed by atoms with Crippen molar-refractivity contribution in [3.05, 3.63) is 28.6 Å². The van der Waals surface area contributed by atoms with Gasteiger partial charge in [0, 0.05) is 19.8 Å². The van der Waals surface area contributed by atoms with Crippen LogP contribution >= 0.6 is 0 Å². The van der Waals surface area contributed by atoms with Gasteiger partial charge in [0.05, 0.1) is 4.92 Å². The molecule has 16 heavy (non-hydrogen) atoms. The van der Waals surface area contributed by atoms with Crippen LogP contribution in [0, 0.1) is 10.1 Å². The van der Waals surface area contributed by atoms with Crippen LogP contribution in [0.3, 0.4) is 0 Å². The average Bonchev–Trinajstić information content (AvgIpc) is 2.29. The number of anilines is 1. The molecule has 0 unspecified atom stereocenters. The molecule has 0 aliphatic carbocycles. The minimum Gasteiger partial charge on any atom is -0.369 e. The number of pyridine rings is 1. The zero-order valence-electron chi connectivity index (χ0n) is 9.51. The quantitative estimate of drug-likeness (QED) is 0.444. The molecule has 1 aromatic rings. The number of hydrogen-bond donors (Lipinski definition) is 1. The highest BCUT2D eigenvalue weighted by molar-refractivity contribution is 5.61. The van der Waals surface area contributed by atoms with E-state index in [0.717, 1.165) is 19.5 Å². The normalized spacial score (nSPS) is 10.1. The predicted molar refractivity (Wildman–Crippen MR) is 62.7 cm³/mol. The molecule has 0 fully saturated rings. The third-order valence-electron chi connectivity index (χ3n) is 2.31. The molecule has 0 aliphatic heterocycles. The molecule has 1 heterocycles. The van der Waals surface area contributed by atoms with Crippen molar-refractivity contribution in [2.24, 2.45) is 0 Å². The van der Waals surface area contributed by atoms with Crippen molar-refractivity contribution >= 4 is 11.4 Å². The number of aromatic nitrogens is 1. The molecule has 0 radical (unpaired) electrons. The van der Waals surface area contributed by atoms with Gasteiger partial charge in [0.25, 0.3) is 0 Å². The monoisotopic (exact) mass is 224 g/mol. The highest BCUT2D eigenvalue weighted by Crippen LogP contribution is 2.25. The van der Waals surface area contributed by atoms with Crippen LogP contribution in [-0.2, 0) is 0 Å². The number of nitro groups is 1. The number of rotatable bonds is 6. The smallest absolute Gasteiger partial charge is 0.310 e. The van der Waals surface area contributed by atoms with E-state index in [-0.39, 0.29) is 5.69 Å². The van der Waals surface area contributed by atoms with E-state index in [1.54, 1.807) is 12.3 Å². The third-order valence-corrected chi connectivity index (χ3v) is 2.31. The maximum atomic E-state index is 10.8. The zero-order valence-corrected chi connectivity index (χ0v) is 9.51. The van der Waals surface area contributed by atoms with Crippen LogP contribution in [-0.4, -0.2) is 37.1 Å². The Balaban J connectivity index is 2.74. The summed E-state index contributed by atoms with van der Waals surface area (Å²) in [5, 5.41) is 13.8. The molecule has 1 rings (SSSR count). The zero-order chi connectivity index (χ0) is 12.0. The van der Waals surface area contributed by atoms with E-state index in [9.17, 15) is 10.1 Å². The maximum absolute atomic E-state index is 10.8. The summed E-state index contributed by atoms with van der Waals surface area (Å²) >= 11 is 0. The minimum atomic E-state index is -0.406. The van der Waals surface area contributed by atoms with E-state index in [1.165, 1.54) is 6.20 Å². The Bertz CT molecular complexity index is 356. The molecular formula is C10H16N4O2. The average molecular weight is 224 g/mol. The van der Waals surface area contributed by atoms with Gasteiger partial charge in [0.15, 0.2) is 0 Å². The van der Waals surface area contributed by atoms with Gasteiger partial charge in [-0.25, -0.2) is 0 Å². The van der Waals surface area contributed by atoms with Crippen LogP contribution in [0.2, 0.25) is 0 Å². The van der Waals surface area contributed by atoms with Crippen molar-refractivity contribution in [1.29, 1.82) is 0 Å². The minimum absolute atomic E-state index is 0.0504. The Labute approximate surface area is 94.4 Å². The molecule has 0 saturated heterocycles. The number of hydrogen-bond acceptors (Lipinski definition) is 5. The van der Waals surface area contributed by atoms with Crippen molar-refractivity contribution in [2.45, 2.75) is 6.42 Å². The van der Waals surface area contributed by atoms with Crippen LogP contribution in [0.4, 0.5) is 11.4 Å². The van der Waals surface area contributed by atoms with Crippen molar-refractivity contribution in [3.8, 4) is 0 Å². The molecule has 1 aromatic heterocycles. The first-order valence-corrected chi connectivity index (χ1v) is 5.11. The summed E-state index contributed by atoms with van der Waals surface area (Å²) in [6, 6.07) is 1.66. The van der Waals surface area contributed by atoms with E-state index >= 15 is 0 Å². The first-order chi connectivity index (χ1) is 7.66. The molecule has 6 heteroatoms. The van der Waals surface area contributed by atoms with E-state index in [2.05, 4.69) is 10.3 Å². The molecule has 88 valence electrons. The van der Waals surface area contributed by atoms with E-state index in [0.29, 0.717) is 5.69 Å². The van der Waals surface area contributed by atoms with Crippen LogP contribution in [0.1, 0.15) is 6.42 Å². The van der Waals surface area contributed by atoms with Crippen LogP contribution < -0.4 is 10.2 Å². The first-order valence-electron chi connectivity index (χ1n) is 5.11. The van der Waals surface area contributed by atoms with Crippen molar-refractivity contribution < 1.29 is 4.92 Å². The van der Waals surface area contributed by atoms with Gasteiger partial charge in [-0.1, -0.05) is 0 Å². The molecule has 1 N–H and O–H groups in total. The van der Waals surface area contributed by atoms with Crippen molar-refractivity contribution in [1.82, 2.24) is 10.3 Å². The Morgan fingerprint density at radius 2 is 2.38 bits per heavy atom. The SMILES string of the molecule is CNCCCN(C)c1ccncc1[N+](=O)[O-]. The molecule has 0 amide bonds. The Morgan fingerprint density at radius 3 is 3.00 bits per heavy atom. The Kier molecular flexibility index (Phi) is 4.65. The highest BCUT2D eigenvalue weighted by atomic mass is 16.6. The summed E-state index contributed by atoms with van der Waals surface area (Å²) < 4.78 is 0. The van der Waals surface area contributed by atoms with E-state index in [1.807, 2.05) is 19.0 Å². The fourth-order valence-electron chi connectivity index (χ4n) is 1.46. The second kappa shape index (κ2) is 6.02. The van der Waals surface area contributed by atoms with Gasteiger partial charge >= 0.3 is 5.69 Å². The van der Waals surface area contributed by atoms with Gasteiger partial charge in [-0.2, -0.15) is 0 Å². The van der Waals surface area contributed by atoms with E-state index < -0.39 is 4.92 Å². The Morgan fingerprint density at radius 1 is 1.62 bits per heavy atom. The molecule has 6 nitrogen and oxygen atoms in total. The summed E-state index contributed by atoms with van der Waals surface area (Å²) in [5.41, 5.74) is 0.658. The highest BCUT2D eigenvalue weighted by Gasteiger charge is 2.16. The lowest BCUT2D eigenvalue weighted by Crippen LogP contribution is -2.23. The lowest BCUT2D eigenvalue weighted by atomic mass is 10.3. The predicted octanol–water partition coefficient (Wildman–Crippen LogP) is 1.04. The molecule has 0 atom stereocenters. The van der Waals surface area contributed by atoms with Crippen LogP contribution in [0.5, 0.6) is 0 Å². The molecule has 0 aliphatic rings. The first kappa shape index (κ1) is 12.4. The fourth-order valence-corrected chi connectivity index (χ4v) is 1.46. The largest absolute Gasteiger partial charge is 0.369 e. The van der Waals surface area contributed by atoms with Gasteiger partial charge in [0.1, 0.15) is 11.9 Å². The molecule has 0 aromatic carbocycles. The summed E-state index contributed by atoms with van der Waals surface area (Å²) in [6.45, 7) is 1.66. The summed E-state index contributed by atoms with van der Waals surface area (Å²) in [7, 11) is 3.73. The number of nitrogens with one attached hydrogen (secondary N) is 1. The van der Waals surface area contributed by atoms with Crippen LogP contribution in [0.15, 0.2) is 18.5 Å². The van der Waals surface area contributed by atoms with Crippen LogP contribution in [0.25, 0.3) is 0 Å². The standard InChI is InChI=1S/C10H16N4O2/c1-11-5-3-7-13(2)9-4-6-12-8-10(9)14(15)16/h4,6,8,11H,3,5,7H2,1-2H3.